The lowest BCUT2D eigenvalue weighted by Crippen LogP contribution is -2.11. The second-order valence-corrected chi connectivity index (χ2v) is 6.67. The largest absolute Gasteiger partial charge is 0.363 e. The minimum absolute atomic E-state index is 0.446. The van der Waals surface area contributed by atoms with Crippen LogP contribution in [-0.2, 0) is 0 Å². The van der Waals surface area contributed by atoms with Crippen molar-refractivity contribution in [3.63, 3.8) is 0 Å². The molecule has 0 saturated carbocycles. The van der Waals surface area contributed by atoms with Crippen molar-refractivity contribution >= 4 is 17.7 Å². The van der Waals surface area contributed by atoms with Crippen molar-refractivity contribution in [2.24, 2.45) is 4.99 Å². The van der Waals surface area contributed by atoms with E-state index in [1.54, 1.807) is 0 Å². The third kappa shape index (κ3) is 4.19. The molecule has 0 fully saturated rings. The van der Waals surface area contributed by atoms with Gasteiger partial charge in [0.05, 0.1) is 17.6 Å². The zero-order chi connectivity index (χ0) is 17.0. The molecule has 1 aromatic carbocycles. The smallest absolute Gasteiger partial charge is 0.128 e. The molecule has 122 valence electrons. The number of aromatic nitrogens is 1. The number of benzene rings is 1. The number of aliphatic imine (C=N–C) groups is 1. The van der Waals surface area contributed by atoms with Gasteiger partial charge in [0, 0.05) is 14.1 Å². The van der Waals surface area contributed by atoms with E-state index in [2.05, 4.69) is 50.9 Å². The SMILES string of the molecule is CC(C)c1cccc(C(C)C)c1N=Cc1cccc(N(C)C)n1. The van der Waals surface area contributed by atoms with E-state index in [1.165, 1.54) is 11.1 Å². The van der Waals surface area contributed by atoms with Crippen molar-refractivity contribution in [1.82, 2.24) is 4.98 Å². The summed E-state index contributed by atoms with van der Waals surface area (Å²) in [4.78, 5) is 11.4. The average molecular weight is 309 g/mol. The summed E-state index contributed by atoms with van der Waals surface area (Å²) in [5.41, 5.74) is 4.55. The Morgan fingerprint density at radius 3 is 2.00 bits per heavy atom. The molecule has 0 bridgehead atoms. The Kier molecular flexibility index (Phi) is 5.54. The van der Waals surface area contributed by atoms with Crippen LogP contribution in [0.4, 0.5) is 11.5 Å². The molecule has 0 radical (unpaired) electrons. The van der Waals surface area contributed by atoms with Crippen LogP contribution in [0.2, 0.25) is 0 Å². The predicted octanol–water partition coefficient (Wildman–Crippen LogP) is 5.15. The van der Waals surface area contributed by atoms with Gasteiger partial charge >= 0.3 is 0 Å². The fourth-order valence-corrected chi connectivity index (χ4v) is 2.55. The Morgan fingerprint density at radius 1 is 0.913 bits per heavy atom. The lowest BCUT2D eigenvalue weighted by atomic mass is 9.93. The normalized spacial score (nSPS) is 11.7. The standard InChI is InChI=1S/C20H27N3/c1-14(2)17-10-8-11-18(15(3)4)20(17)21-13-16-9-7-12-19(22-16)23(5)6/h7-15H,1-6H3. The summed E-state index contributed by atoms with van der Waals surface area (Å²) in [6.45, 7) is 8.85. The highest BCUT2D eigenvalue weighted by Gasteiger charge is 2.12. The number of nitrogens with zero attached hydrogens (tertiary/aromatic N) is 3. The van der Waals surface area contributed by atoms with Gasteiger partial charge in [0.1, 0.15) is 5.82 Å². The molecule has 0 spiro atoms. The van der Waals surface area contributed by atoms with Gasteiger partial charge in [-0.05, 0) is 35.1 Å². The molecule has 23 heavy (non-hydrogen) atoms. The summed E-state index contributed by atoms with van der Waals surface area (Å²) < 4.78 is 0. The first kappa shape index (κ1) is 17.2. The molecular weight excluding hydrogens is 282 g/mol. The second kappa shape index (κ2) is 7.40. The van der Waals surface area contributed by atoms with Crippen LogP contribution in [0.25, 0.3) is 0 Å². The lowest BCUT2D eigenvalue weighted by Gasteiger charge is -2.16. The molecular formula is C20H27N3. The molecule has 2 rings (SSSR count). The summed E-state index contributed by atoms with van der Waals surface area (Å²) in [5.74, 6) is 1.83. The van der Waals surface area contributed by atoms with E-state index in [4.69, 9.17) is 4.99 Å². The fourth-order valence-electron chi connectivity index (χ4n) is 2.55. The number of pyridine rings is 1. The van der Waals surface area contributed by atoms with Gasteiger partial charge in [-0.25, -0.2) is 4.98 Å². The van der Waals surface area contributed by atoms with Crippen molar-refractivity contribution in [2.45, 2.75) is 39.5 Å². The van der Waals surface area contributed by atoms with Gasteiger partial charge in [-0.15, -0.1) is 0 Å². The number of hydrogen-bond donors (Lipinski definition) is 0. The van der Waals surface area contributed by atoms with E-state index < -0.39 is 0 Å². The molecule has 3 nitrogen and oxygen atoms in total. The molecule has 0 aliphatic heterocycles. The predicted molar refractivity (Wildman–Crippen MR) is 100 cm³/mol. The first-order valence-corrected chi connectivity index (χ1v) is 8.21. The quantitative estimate of drug-likeness (QED) is 0.715. The van der Waals surface area contributed by atoms with Crippen LogP contribution < -0.4 is 4.90 Å². The van der Waals surface area contributed by atoms with Gasteiger partial charge in [0.2, 0.25) is 0 Å². The monoisotopic (exact) mass is 309 g/mol. The van der Waals surface area contributed by atoms with E-state index in [0.29, 0.717) is 11.8 Å². The molecule has 0 aliphatic carbocycles. The molecule has 0 unspecified atom stereocenters. The summed E-state index contributed by atoms with van der Waals surface area (Å²) in [6.07, 6.45) is 1.88. The first-order valence-electron chi connectivity index (χ1n) is 8.21. The molecule has 0 amide bonds. The first-order chi connectivity index (χ1) is 10.9. The topological polar surface area (TPSA) is 28.5 Å². The molecule has 3 heteroatoms. The Labute approximate surface area is 140 Å². The maximum atomic E-state index is 4.81. The molecule has 0 saturated heterocycles. The van der Waals surface area contributed by atoms with Crippen LogP contribution in [-0.4, -0.2) is 25.3 Å². The molecule has 1 aromatic heterocycles. The average Bonchev–Trinajstić information content (AvgIpc) is 2.52. The number of para-hydroxylation sites is 1. The number of hydrogen-bond acceptors (Lipinski definition) is 3. The summed E-state index contributed by atoms with van der Waals surface area (Å²) in [7, 11) is 3.99. The molecule has 0 aliphatic rings. The zero-order valence-corrected chi connectivity index (χ0v) is 15.0. The Hall–Kier alpha value is -2.16. The van der Waals surface area contributed by atoms with Gasteiger partial charge in [-0.3, -0.25) is 4.99 Å². The molecule has 1 heterocycles. The van der Waals surface area contributed by atoms with Crippen molar-refractivity contribution < 1.29 is 0 Å². The van der Waals surface area contributed by atoms with Gasteiger partial charge < -0.3 is 4.90 Å². The maximum Gasteiger partial charge on any atom is 0.128 e. The summed E-state index contributed by atoms with van der Waals surface area (Å²) in [5, 5.41) is 0. The number of rotatable bonds is 5. The van der Waals surface area contributed by atoms with E-state index >= 15 is 0 Å². The van der Waals surface area contributed by atoms with Crippen LogP contribution in [0.1, 0.15) is 56.4 Å². The van der Waals surface area contributed by atoms with Crippen molar-refractivity contribution in [2.75, 3.05) is 19.0 Å². The third-order valence-corrected chi connectivity index (χ3v) is 3.88. The second-order valence-electron chi connectivity index (χ2n) is 6.67. The van der Waals surface area contributed by atoms with Crippen LogP contribution in [0, 0.1) is 0 Å². The van der Waals surface area contributed by atoms with Gasteiger partial charge in [0.15, 0.2) is 0 Å². The van der Waals surface area contributed by atoms with E-state index in [0.717, 1.165) is 17.2 Å². The summed E-state index contributed by atoms with van der Waals surface area (Å²) >= 11 is 0. The van der Waals surface area contributed by atoms with Crippen LogP contribution >= 0.6 is 0 Å². The minimum atomic E-state index is 0.446. The maximum absolute atomic E-state index is 4.81. The van der Waals surface area contributed by atoms with Crippen molar-refractivity contribution in [3.05, 3.63) is 53.2 Å². The molecule has 2 aromatic rings. The lowest BCUT2D eigenvalue weighted by molar-refractivity contribution is 0.835. The van der Waals surface area contributed by atoms with E-state index in [-0.39, 0.29) is 0 Å². The van der Waals surface area contributed by atoms with Crippen molar-refractivity contribution in [3.8, 4) is 0 Å². The third-order valence-electron chi connectivity index (χ3n) is 3.88. The zero-order valence-electron chi connectivity index (χ0n) is 15.0. The Bertz CT molecular complexity index is 659. The highest BCUT2D eigenvalue weighted by molar-refractivity contribution is 5.81. The highest BCUT2D eigenvalue weighted by atomic mass is 15.1. The van der Waals surface area contributed by atoms with Gasteiger partial charge in [0.25, 0.3) is 0 Å². The molecule has 0 N–H and O–H groups in total. The van der Waals surface area contributed by atoms with Crippen molar-refractivity contribution in [1.29, 1.82) is 0 Å². The van der Waals surface area contributed by atoms with E-state index in [1.807, 2.05) is 43.4 Å². The van der Waals surface area contributed by atoms with Gasteiger partial charge in [-0.1, -0.05) is 52.0 Å². The molecule has 0 atom stereocenters. The van der Waals surface area contributed by atoms with Crippen LogP contribution in [0.5, 0.6) is 0 Å². The van der Waals surface area contributed by atoms with Gasteiger partial charge in [-0.2, -0.15) is 0 Å². The van der Waals surface area contributed by atoms with Crippen LogP contribution in [0.3, 0.4) is 0 Å². The summed E-state index contributed by atoms with van der Waals surface area (Å²) in [6, 6.07) is 12.5. The fraction of sp³-hybridized carbons (Fsp3) is 0.400. The Morgan fingerprint density at radius 2 is 1.48 bits per heavy atom. The minimum Gasteiger partial charge on any atom is -0.363 e. The Balaban J connectivity index is 2.44. The van der Waals surface area contributed by atoms with Crippen LogP contribution in [0.15, 0.2) is 41.4 Å². The van der Waals surface area contributed by atoms with E-state index in [9.17, 15) is 0 Å². The number of anilines is 1. The highest BCUT2D eigenvalue weighted by Crippen LogP contribution is 2.34.